The van der Waals surface area contributed by atoms with Crippen LogP contribution in [-0.4, -0.2) is 51.9 Å². The van der Waals surface area contributed by atoms with Crippen LogP contribution in [0.3, 0.4) is 0 Å². The monoisotopic (exact) mass is 427 g/mol. The lowest BCUT2D eigenvalue weighted by molar-refractivity contribution is 0.133. The maximum absolute atomic E-state index is 9.28. The molecule has 9 heteroatoms. The van der Waals surface area contributed by atoms with E-state index in [1.165, 1.54) is 38.5 Å². The van der Waals surface area contributed by atoms with Gasteiger partial charge in [0.05, 0.1) is 5.56 Å². The summed E-state index contributed by atoms with van der Waals surface area (Å²) in [6, 6.07) is 8.65. The quantitative estimate of drug-likeness (QED) is 0.349. The van der Waals surface area contributed by atoms with Gasteiger partial charge in [-0.25, -0.2) is 4.57 Å². The number of anilines is 1. The molecule has 1 unspecified atom stereocenters. The Balaban J connectivity index is 0.000000749. The summed E-state index contributed by atoms with van der Waals surface area (Å²) < 4.78 is 14.8. The third-order valence-electron chi connectivity index (χ3n) is 4.79. The first-order valence-corrected chi connectivity index (χ1v) is 11.7. The smallest absolute Gasteiger partial charge is 0.466 e. The molecule has 1 aliphatic rings. The van der Waals surface area contributed by atoms with Crippen molar-refractivity contribution in [2.75, 3.05) is 31.6 Å². The molecule has 164 valence electrons. The van der Waals surface area contributed by atoms with Gasteiger partial charge in [-0.3, -0.25) is 4.90 Å². The minimum atomic E-state index is -4.64. The van der Waals surface area contributed by atoms with E-state index in [0.717, 1.165) is 25.3 Å². The van der Waals surface area contributed by atoms with Crippen LogP contribution in [-0.2, 0) is 4.57 Å². The van der Waals surface area contributed by atoms with Crippen LogP contribution in [0.4, 0.5) is 5.69 Å². The molecule has 1 saturated heterocycles. The molecule has 1 aromatic rings. The Bertz CT molecular complexity index is 681. The highest BCUT2D eigenvalue weighted by Crippen LogP contribution is 2.26. The molecule has 1 heterocycles. The number of hydrogen-bond donors (Lipinski definition) is 4. The molecule has 1 atom stereocenters. The predicted molar refractivity (Wildman–Crippen MR) is 114 cm³/mol. The van der Waals surface area contributed by atoms with Crippen LogP contribution < -0.4 is 10.1 Å². The molecular formula is C20H34N3O5P. The van der Waals surface area contributed by atoms with Crippen LogP contribution in [0.2, 0.25) is 0 Å². The average molecular weight is 427 g/mol. The maximum atomic E-state index is 9.28. The number of piperidine rings is 1. The number of rotatable bonds is 9. The topological polar surface area (TPSA) is 126 Å². The molecule has 2 rings (SSSR count). The maximum Gasteiger partial charge on any atom is 0.466 e. The summed E-state index contributed by atoms with van der Waals surface area (Å²) in [7, 11) is -4.64. The Labute approximate surface area is 173 Å². The molecule has 0 spiro atoms. The van der Waals surface area contributed by atoms with Crippen LogP contribution in [0.5, 0.6) is 5.75 Å². The van der Waals surface area contributed by atoms with Gasteiger partial charge in [-0.1, -0.05) is 26.2 Å². The Hall–Kier alpha value is -1.62. The summed E-state index contributed by atoms with van der Waals surface area (Å²) in [5, 5.41) is 12.7. The molecule has 0 bridgehead atoms. The zero-order valence-electron chi connectivity index (χ0n) is 17.4. The molecule has 1 fully saturated rings. The van der Waals surface area contributed by atoms with E-state index in [1.807, 2.05) is 18.2 Å². The molecule has 29 heavy (non-hydrogen) atoms. The van der Waals surface area contributed by atoms with E-state index in [9.17, 15) is 5.26 Å². The normalized spacial score (nSPS) is 17.0. The van der Waals surface area contributed by atoms with Crippen LogP contribution in [0.25, 0.3) is 0 Å². The molecule has 0 radical (unpaired) electrons. The van der Waals surface area contributed by atoms with E-state index >= 15 is 0 Å². The van der Waals surface area contributed by atoms with Crippen LogP contribution in [0.15, 0.2) is 18.2 Å². The van der Waals surface area contributed by atoms with E-state index in [4.69, 9.17) is 24.0 Å². The highest BCUT2D eigenvalue weighted by molar-refractivity contribution is 7.45. The number of unbranched alkanes of at least 4 members (excludes halogenated alkanes) is 2. The molecule has 1 aliphatic heterocycles. The Morgan fingerprint density at radius 3 is 2.66 bits per heavy atom. The first kappa shape index (κ1) is 25.4. The summed E-state index contributed by atoms with van der Waals surface area (Å²) in [5.74, 6) is 0.697. The van der Waals surface area contributed by atoms with Crippen molar-refractivity contribution in [2.45, 2.75) is 58.4 Å². The van der Waals surface area contributed by atoms with Gasteiger partial charge in [-0.05, 0) is 44.9 Å². The van der Waals surface area contributed by atoms with Gasteiger partial charge in [0.15, 0.2) is 0 Å². The number of nitrogens with one attached hydrogen (secondary N) is 1. The first-order chi connectivity index (χ1) is 13.7. The molecule has 0 aliphatic carbocycles. The second kappa shape index (κ2) is 13.6. The zero-order chi connectivity index (χ0) is 21.7. The highest BCUT2D eigenvalue weighted by atomic mass is 31.2. The lowest BCUT2D eigenvalue weighted by Crippen LogP contribution is -2.39. The molecule has 4 N–H and O–H groups in total. The Kier molecular flexibility index (Phi) is 11.9. The van der Waals surface area contributed by atoms with Gasteiger partial charge in [-0.15, -0.1) is 0 Å². The number of nitrogens with zero attached hydrogens (tertiary/aromatic N) is 2. The third kappa shape index (κ3) is 11.8. The summed E-state index contributed by atoms with van der Waals surface area (Å²) in [6.45, 7) is 8.19. The molecule has 1 aromatic carbocycles. The number of ether oxygens (including phenoxy) is 1. The third-order valence-corrected chi connectivity index (χ3v) is 4.79. The lowest BCUT2D eigenvalue weighted by atomic mass is 10.0. The van der Waals surface area contributed by atoms with Crippen molar-refractivity contribution in [3.05, 3.63) is 23.8 Å². The van der Waals surface area contributed by atoms with Gasteiger partial charge in [0, 0.05) is 30.9 Å². The average Bonchev–Trinajstić information content (AvgIpc) is 2.66. The summed E-state index contributed by atoms with van der Waals surface area (Å²) in [5.41, 5.74) is 1.65. The van der Waals surface area contributed by atoms with Gasteiger partial charge < -0.3 is 24.7 Å². The minimum Gasteiger partial charge on any atom is -0.491 e. The van der Waals surface area contributed by atoms with Crippen molar-refractivity contribution in [3.63, 3.8) is 0 Å². The molecule has 8 nitrogen and oxygen atoms in total. The van der Waals surface area contributed by atoms with Crippen molar-refractivity contribution < 1.29 is 24.0 Å². The van der Waals surface area contributed by atoms with Gasteiger partial charge in [0.2, 0.25) is 0 Å². The number of benzene rings is 1. The van der Waals surface area contributed by atoms with Crippen LogP contribution in [0.1, 0.15) is 57.9 Å². The van der Waals surface area contributed by atoms with Crippen molar-refractivity contribution in [1.29, 1.82) is 5.26 Å². The molecular weight excluding hydrogens is 393 g/mol. The van der Waals surface area contributed by atoms with E-state index in [2.05, 4.69) is 30.1 Å². The summed E-state index contributed by atoms with van der Waals surface area (Å²) in [6.07, 6.45) is 7.52. The molecule has 0 saturated carbocycles. The second-order valence-electron chi connectivity index (χ2n) is 7.20. The molecule has 0 amide bonds. The SMILES string of the molecule is CCCCCNc1ccc(C#N)c(OCCN2CCCCC2C)c1.O=P(O)(O)O. The number of likely N-dealkylation sites (tertiary alicyclic amines) is 1. The second-order valence-corrected chi connectivity index (χ2v) is 8.23. The summed E-state index contributed by atoms with van der Waals surface area (Å²) in [4.78, 5) is 24.1. The van der Waals surface area contributed by atoms with Gasteiger partial charge in [0.1, 0.15) is 18.4 Å². The fourth-order valence-electron chi connectivity index (χ4n) is 3.21. The van der Waals surface area contributed by atoms with E-state index < -0.39 is 7.82 Å². The summed E-state index contributed by atoms with van der Waals surface area (Å²) >= 11 is 0. The van der Waals surface area contributed by atoms with Crippen molar-refractivity contribution in [2.24, 2.45) is 0 Å². The Morgan fingerprint density at radius 1 is 1.31 bits per heavy atom. The highest BCUT2D eigenvalue weighted by Gasteiger charge is 2.17. The number of phosphoric acid groups is 1. The van der Waals surface area contributed by atoms with E-state index in [0.29, 0.717) is 24.0 Å². The predicted octanol–water partition coefficient (Wildman–Crippen LogP) is 3.48. The number of hydrogen-bond acceptors (Lipinski definition) is 5. The zero-order valence-corrected chi connectivity index (χ0v) is 18.3. The fraction of sp³-hybridized carbons (Fsp3) is 0.650. The van der Waals surface area contributed by atoms with Crippen molar-refractivity contribution >= 4 is 13.5 Å². The van der Waals surface area contributed by atoms with Gasteiger partial charge >= 0.3 is 7.82 Å². The van der Waals surface area contributed by atoms with Crippen molar-refractivity contribution in [1.82, 2.24) is 4.90 Å². The lowest BCUT2D eigenvalue weighted by Gasteiger charge is -2.33. The fourth-order valence-corrected chi connectivity index (χ4v) is 3.21. The van der Waals surface area contributed by atoms with Gasteiger partial charge in [0.25, 0.3) is 0 Å². The van der Waals surface area contributed by atoms with E-state index in [-0.39, 0.29) is 0 Å². The largest absolute Gasteiger partial charge is 0.491 e. The molecule has 0 aromatic heterocycles. The standard InChI is InChI=1S/C20H31N3O.H3O4P/c1-3-4-6-11-22-19-10-9-18(16-21)20(15-19)24-14-13-23-12-7-5-8-17(23)2;1-5(2,3)4/h9-10,15,17,22H,3-8,11-14H2,1-2H3;(H3,1,2,3,4). The van der Waals surface area contributed by atoms with Gasteiger partial charge in [-0.2, -0.15) is 5.26 Å². The Morgan fingerprint density at radius 2 is 2.03 bits per heavy atom. The van der Waals surface area contributed by atoms with Crippen LogP contribution >= 0.6 is 7.82 Å². The minimum absolute atomic E-state index is 0.612. The number of nitriles is 1. The van der Waals surface area contributed by atoms with Crippen LogP contribution in [0, 0.1) is 11.3 Å². The van der Waals surface area contributed by atoms with Crippen molar-refractivity contribution in [3.8, 4) is 11.8 Å². The first-order valence-electron chi connectivity index (χ1n) is 10.2. The van der Waals surface area contributed by atoms with E-state index in [1.54, 1.807) is 0 Å².